The van der Waals surface area contributed by atoms with Crippen molar-refractivity contribution in [3.05, 3.63) is 35.9 Å². The summed E-state index contributed by atoms with van der Waals surface area (Å²) in [6.45, 7) is 1.62. The second kappa shape index (κ2) is 6.40. The summed E-state index contributed by atoms with van der Waals surface area (Å²) >= 11 is 0. The number of carboxylic acid groups (broad SMARTS) is 1. The summed E-state index contributed by atoms with van der Waals surface area (Å²) in [7, 11) is 0. The molecule has 1 amide bonds. The fraction of sp³-hybridized carbons (Fsp3) is 0.308. The number of nitrogens with zero attached hydrogens (tertiary/aromatic N) is 1. The van der Waals surface area contributed by atoms with Crippen molar-refractivity contribution in [2.45, 2.75) is 19.4 Å². The van der Waals surface area contributed by atoms with Gasteiger partial charge in [0.25, 0.3) is 5.91 Å². The highest BCUT2D eigenvalue weighted by Crippen LogP contribution is 2.09. The quantitative estimate of drug-likeness (QED) is 0.822. The first-order valence-corrected chi connectivity index (χ1v) is 5.52. The van der Waals surface area contributed by atoms with Gasteiger partial charge in [-0.25, -0.2) is 4.79 Å². The summed E-state index contributed by atoms with van der Waals surface area (Å²) < 4.78 is 0. The van der Waals surface area contributed by atoms with Crippen LogP contribution in [0.4, 0.5) is 0 Å². The summed E-state index contributed by atoms with van der Waals surface area (Å²) in [5.74, 6) is -2.03. The van der Waals surface area contributed by atoms with Gasteiger partial charge in [0.1, 0.15) is 6.04 Å². The number of benzene rings is 1. The van der Waals surface area contributed by atoms with Crippen molar-refractivity contribution in [2.75, 3.05) is 0 Å². The molecule has 0 saturated heterocycles. The van der Waals surface area contributed by atoms with E-state index in [9.17, 15) is 9.59 Å². The first kappa shape index (κ1) is 13.7. The summed E-state index contributed by atoms with van der Waals surface area (Å²) in [6.07, 6.45) is 0.0754. The van der Waals surface area contributed by atoms with E-state index in [4.69, 9.17) is 10.4 Å². The van der Waals surface area contributed by atoms with Gasteiger partial charge in [-0.15, -0.1) is 0 Å². The monoisotopic (exact) mass is 246 g/mol. The maximum Gasteiger partial charge on any atom is 0.326 e. The molecule has 0 unspecified atom stereocenters. The molecule has 2 atom stereocenters. The van der Waals surface area contributed by atoms with Crippen LogP contribution in [0, 0.1) is 17.2 Å². The largest absolute Gasteiger partial charge is 0.480 e. The molecule has 0 spiro atoms. The highest BCUT2D eigenvalue weighted by molar-refractivity contribution is 5.96. The fourth-order valence-corrected chi connectivity index (χ4v) is 1.52. The lowest BCUT2D eigenvalue weighted by molar-refractivity contribution is -0.140. The van der Waals surface area contributed by atoms with Crippen LogP contribution in [0.1, 0.15) is 23.7 Å². The van der Waals surface area contributed by atoms with Gasteiger partial charge in [0.15, 0.2) is 0 Å². The zero-order chi connectivity index (χ0) is 13.5. The van der Waals surface area contributed by atoms with Gasteiger partial charge in [-0.3, -0.25) is 4.79 Å². The summed E-state index contributed by atoms with van der Waals surface area (Å²) in [6, 6.07) is 9.21. The Bertz CT molecular complexity index is 465. The van der Waals surface area contributed by atoms with Crippen LogP contribution in [0.5, 0.6) is 0 Å². The minimum atomic E-state index is -1.14. The molecule has 0 bridgehead atoms. The Morgan fingerprint density at radius 2 is 2.00 bits per heavy atom. The molecule has 0 aliphatic heterocycles. The van der Waals surface area contributed by atoms with Crippen molar-refractivity contribution in [1.82, 2.24) is 5.32 Å². The first-order chi connectivity index (χ1) is 8.56. The van der Waals surface area contributed by atoms with E-state index in [0.717, 1.165) is 0 Å². The smallest absolute Gasteiger partial charge is 0.326 e. The van der Waals surface area contributed by atoms with Gasteiger partial charge in [0, 0.05) is 17.9 Å². The molecule has 1 aromatic rings. The predicted molar refractivity (Wildman–Crippen MR) is 64.7 cm³/mol. The molecule has 0 radical (unpaired) electrons. The zero-order valence-electron chi connectivity index (χ0n) is 9.96. The lowest BCUT2D eigenvalue weighted by Crippen LogP contribution is -2.45. The van der Waals surface area contributed by atoms with Crippen LogP contribution in [-0.4, -0.2) is 23.0 Å². The third-order valence-corrected chi connectivity index (χ3v) is 2.57. The molecule has 0 aliphatic carbocycles. The van der Waals surface area contributed by atoms with Gasteiger partial charge in [0.2, 0.25) is 0 Å². The maximum atomic E-state index is 11.8. The first-order valence-electron chi connectivity index (χ1n) is 5.52. The SMILES string of the molecule is C[C@@H](CC#N)[C@H](NC(=O)c1ccccc1)C(=O)O. The standard InChI is InChI=1S/C13H14N2O3/c1-9(7-8-14)11(13(17)18)15-12(16)10-5-3-2-4-6-10/h2-6,9,11H,7H2,1H3,(H,15,16)(H,17,18)/t9-,11-/m0/s1. The second-order valence-corrected chi connectivity index (χ2v) is 3.99. The van der Waals surface area contributed by atoms with Crippen LogP contribution < -0.4 is 5.32 Å². The van der Waals surface area contributed by atoms with E-state index < -0.39 is 23.8 Å². The third-order valence-electron chi connectivity index (χ3n) is 2.57. The molecule has 0 saturated carbocycles. The molecule has 2 N–H and O–H groups in total. The van der Waals surface area contributed by atoms with E-state index in [2.05, 4.69) is 5.32 Å². The van der Waals surface area contributed by atoms with Crippen LogP contribution in [0.25, 0.3) is 0 Å². The lowest BCUT2D eigenvalue weighted by atomic mass is 9.98. The second-order valence-electron chi connectivity index (χ2n) is 3.99. The molecular formula is C13H14N2O3. The highest BCUT2D eigenvalue weighted by Gasteiger charge is 2.26. The summed E-state index contributed by atoms with van der Waals surface area (Å²) in [5, 5.41) is 20.0. The maximum absolute atomic E-state index is 11.8. The van der Waals surface area contributed by atoms with E-state index >= 15 is 0 Å². The molecule has 1 aromatic carbocycles. The Hall–Kier alpha value is -2.35. The number of rotatable bonds is 5. The molecule has 0 fully saturated rings. The van der Waals surface area contributed by atoms with E-state index in [0.29, 0.717) is 5.56 Å². The van der Waals surface area contributed by atoms with Crippen molar-refractivity contribution in [2.24, 2.45) is 5.92 Å². The number of hydrogen-bond acceptors (Lipinski definition) is 3. The van der Waals surface area contributed by atoms with Crippen molar-refractivity contribution < 1.29 is 14.7 Å². The third kappa shape index (κ3) is 3.59. The molecular weight excluding hydrogens is 232 g/mol. The van der Waals surface area contributed by atoms with Crippen LogP contribution >= 0.6 is 0 Å². The highest BCUT2D eigenvalue weighted by atomic mass is 16.4. The van der Waals surface area contributed by atoms with E-state index in [1.54, 1.807) is 37.3 Å². The van der Waals surface area contributed by atoms with E-state index in [-0.39, 0.29) is 6.42 Å². The van der Waals surface area contributed by atoms with Crippen LogP contribution in [0.2, 0.25) is 0 Å². The Labute approximate surface area is 105 Å². The van der Waals surface area contributed by atoms with Gasteiger partial charge >= 0.3 is 5.97 Å². The van der Waals surface area contributed by atoms with Crippen LogP contribution in [0.15, 0.2) is 30.3 Å². The molecule has 18 heavy (non-hydrogen) atoms. The molecule has 94 valence electrons. The molecule has 5 heteroatoms. The number of aliphatic carboxylic acids is 1. The number of carboxylic acids is 1. The predicted octanol–water partition coefficient (Wildman–Crippen LogP) is 1.42. The Kier molecular flexibility index (Phi) is 4.88. The lowest BCUT2D eigenvalue weighted by Gasteiger charge is -2.19. The Balaban J connectivity index is 2.77. The number of amides is 1. The number of carbonyl (C=O) groups is 2. The minimum Gasteiger partial charge on any atom is -0.480 e. The summed E-state index contributed by atoms with van der Waals surface area (Å²) in [5.41, 5.74) is 0.396. The molecule has 5 nitrogen and oxygen atoms in total. The number of hydrogen-bond donors (Lipinski definition) is 2. The zero-order valence-corrected chi connectivity index (χ0v) is 9.96. The molecule has 0 heterocycles. The van der Waals surface area contributed by atoms with Crippen molar-refractivity contribution in [3.8, 4) is 6.07 Å². The van der Waals surface area contributed by atoms with Gasteiger partial charge < -0.3 is 10.4 Å². The van der Waals surface area contributed by atoms with Crippen molar-refractivity contribution >= 4 is 11.9 Å². The van der Waals surface area contributed by atoms with Crippen molar-refractivity contribution in [1.29, 1.82) is 5.26 Å². The van der Waals surface area contributed by atoms with Gasteiger partial charge in [-0.05, 0) is 12.1 Å². The molecule has 0 aliphatic rings. The van der Waals surface area contributed by atoms with Gasteiger partial charge in [-0.1, -0.05) is 25.1 Å². The van der Waals surface area contributed by atoms with E-state index in [1.807, 2.05) is 6.07 Å². The fourth-order valence-electron chi connectivity index (χ4n) is 1.52. The molecule has 0 aromatic heterocycles. The number of nitrogens with one attached hydrogen (secondary N) is 1. The van der Waals surface area contributed by atoms with Gasteiger partial charge in [-0.2, -0.15) is 5.26 Å². The molecule has 1 rings (SSSR count). The van der Waals surface area contributed by atoms with E-state index in [1.165, 1.54) is 0 Å². The number of carbonyl (C=O) groups excluding carboxylic acids is 1. The Morgan fingerprint density at radius 1 is 1.39 bits per heavy atom. The minimum absolute atomic E-state index is 0.0754. The Morgan fingerprint density at radius 3 is 2.50 bits per heavy atom. The normalized spacial score (nSPS) is 13.1. The van der Waals surface area contributed by atoms with Crippen LogP contribution in [-0.2, 0) is 4.79 Å². The number of nitriles is 1. The van der Waals surface area contributed by atoms with Crippen molar-refractivity contribution in [3.63, 3.8) is 0 Å². The summed E-state index contributed by atoms with van der Waals surface area (Å²) in [4.78, 5) is 22.9. The average molecular weight is 246 g/mol. The topological polar surface area (TPSA) is 90.2 Å². The van der Waals surface area contributed by atoms with Crippen LogP contribution in [0.3, 0.4) is 0 Å². The average Bonchev–Trinajstić information content (AvgIpc) is 2.36. The van der Waals surface area contributed by atoms with Gasteiger partial charge in [0.05, 0.1) is 6.07 Å².